The average molecular weight is 281 g/mol. The highest BCUT2D eigenvalue weighted by Crippen LogP contribution is 2.33. The van der Waals surface area contributed by atoms with E-state index in [4.69, 9.17) is 22.4 Å². The molecule has 0 aliphatic heterocycles. The third-order valence-corrected chi connectivity index (χ3v) is 3.11. The SMILES string of the molecule is N[C@@H](CCO)c1cc(Cl)c(Br)cc1O. The lowest BCUT2D eigenvalue weighted by atomic mass is 10.0. The Labute approximate surface area is 95.6 Å². The Morgan fingerprint density at radius 2 is 2.14 bits per heavy atom. The highest BCUT2D eigenvalue weighted by molar-refractivity contribution is 9.10. The van der Waals surface area contributed by atoms with E-state index in [1.54, 1.807) is 6.07 Å². The van der Waals surface area contributed by atoms with Gasteiger partial charge < -0.3 is 15.9 Å². The smallest absolute Gasteiger partial charge is 0.121 e. The summed E-state index contributed by atoms with van der Waals surface area (Å²) in [7, 11) is 0. The van der Waals surface area contributed by atoms with Gasteiger partial charge in [0, 0.05) is 22.7 Å². The second-order valence-electron chi connectivity index (χ2n) is 2.94. The normalized spacial score (nSPS) is 12.9. The minimum absolute atomic E-state index is 0.0196. The van der Waals surface area contributed by atoms with Crippen LogP contribution in [0.5, 0.6) is 5.75 Å². The molecule has 0 amide bonds. The van der Waals surface area contributed by atoms with Crippen LogP contribution in [0.3, 0.4) is 0 Å². The summed E-state index contributed by atoms with van der Waals surface area (Å²) < 4.78 is 0.622. The Hall–Kier alpha value is -0.290. The van der Waals surface area contributed by atoms with Crippen molar-refractivity contribution in [3.05, 3.63) is 27.2 Å². The van der Waals surface area contributed by atoms with Crippen LogP contribution >= 0.6 is 27.5 Å². The van der Waals surface area contributed by atoms with Gasteiger partial charge in [0.1, 0.15) is 5.75 Å². The van der Waals surface area contributed by atoms with Gasteiger partial charge in [-0.25, -0.2) is 0 Å². The molecule has 0 aromatic heterocycles. The third kappa shape index (κ3) is 2.60. The number of aromatic hydroxyl groups is 1. The molecule has 1 atom stereocenters. The summed E-state index contributed by atoms with van der Waals surface area (Å²) in [5.41, 5.74) is 6.28. The maximum Gasteiger partial charge on any atom is 0.121 e. The van der Waals surface area contributed by atoms with Gasteiger partial charge in [-0.3, -0.25) is 0 Å². The van der Waals surface area contributed by atoms with Crippen molar-refractivity contribution in [3.63, 3.8) is 0 Å². The van der Waals surface area contributed by atoms with Crippen molar-refractivity contribution in [2.75, 3.05) is 6.61 Å². The molecule has 1 rings (SSSR count). The molecule has 1 aromatic carbocycles. The second-order valence-corrected chi connectivity index (χ2v) is 4.21. The van der Waals surface area contributed by atoms with Crippen molar-refractivity contribution in [3.8, 4) is 5.75 Å². The topological polar surface area (TPSA) is 66.5 Å². The van der Waals surface area contributed by atoms with Gasteiger partial charge in [0.05, 0.1) is 5.02 Å². The van der Waals surface area contributed by atoms with Gasteiger partial charge in [0.2, 0.25) is 0 Å². The van der Waals surface area contributed by atoms with E-state index in [9.17, 15) is 5.11 Å². The number of halogens is 2. The summed E-state index contributed by atoms with van der Waals surface area (Å²) in [4.78, 5) is 0. The number of benzene rings is 1. The molecular formula is C9H11BrClNO2. The molecule has 0 heterocycles. The van der Waals surface area contributed by atoms with E-state index in [0.717, 1.165) is 0 Å². The van der Waals surface area contributed by atoms with Crippen LogP contribution in [0.2, 0.25) is 5.02 Å². The zero-order valence-electron chi connectivity index (χ0n) is 7.37. The molecular weight excluding hydrogens is 269 g/mol. The number of aliphatic hydroxyl groups excluding tert-OH is 1. The van der Waals surface area contributed by atoms with E-state index >= 15 is 0 Å². The Morgan fingerprint density at radius 1 is 1.50 bits per heavy atom. The molecule has 0 bridgehead atoms. The largest absolute Gasteiger partial charge is 0.508 e. The van der Waals surface area contributed by atoms with Crippen LogP contribution in [0.1, 0.15) is 18.0 Å². The molecule has 0 fully saturated rings. The number of hydrogen-bond donors (Lipinski definition) is 3. The van der Waals surface area contributed by atoms with Crippen molar-refractivity contribution in [2.45, 2.75) is 12.5 Å². The van der Waals surface area contributed by atoms with Crippen molar-refractivity contribution >= 4 is 27.5 Å². The van der Waals surface area contributed by atoms with E-state index in [1.807, 2.05) is 0 Å². The van der Waals surface area contributed by atoms with Crippen LogP contribution in [0.25, 0.3) is 0 Å². The minimum atomic E-state index is -0.398. The van der Waals surface area contributed by atoms with Crippen LogP contribution < -0.4 is 5.73 Å². The van der Waals surface area contributed by atoms with Gasteiger partial charge in [0.15, 0.2) is 0 Å². The average Bonchev–Trinajstić information content (AvgIpc) is 2.11. The molecule has 0 unspecified atom stereocenters. The number of phenolic OH excluding ortho intramolecular Hbond substituents is 1. The molecule has 0 spiro atoms. The molecule has 0 saturated carbocycles. The third-order valence-electron chi connectivity index (χ3n) is 1.91. The summed E-state index contributed by atoms with van der Waals surface area (Å²) >= 11 is 9.04. The van der Waals surface area contributed by atoms with Gasteiger partial charge in [-0.1, -0.05) is 11.6 Å². The van der Waals surface area contributed by atoms with E-state index < -0.39 is 6.04 Å². The number of rotatable bonds is 3. The lowest BCUT2D eigenvalue weighted by molar-refractivity contribution is 0.275. The molecule has 14 heavy (non-hydrogen) atoms. The monoisotopic (exact) mass is 279 g/mol. The minimum Gasteiger partial charge on any atom is -0.508 e. The molecule has 0 aliphatic carbocycles. The van der Waals surface area contributed by atoms with Crippen LogP contribution in [0.4, 0.5) is 0 Å². The summed E-state index contributed by atoms with van der Waals surface area (Å²) in [5.74, 6) is 0.0854. The van der Waals surface area contributed by atoms with Gasteiger partial charge in [-0.05, 0) is 34.5 Å². The van der Waals surface area contributed by atoms with Crippen molar-refractivity contribution < 1.29 is 10.2 Å². The highest BCUT2D eigenvalue weighted by Gasteiger charge is 2.12. The molecule has 0 aliphatic rings. The molecule has 3 nitrogen and oxygen atoms in total. The Morgan fingerprint density at radius 3 is 2.71 bits per heavy atom. The number of aliphatic hydroxyl groups is 1. The van der Waals surface area contributed by atoms with E-state index in [2.05, 4.69) is 15.9 Å². The maximum absolute atomic E-state index is 9.56. The summed E-state index contributed by atoms with van der Waals surface area (Å²) in [6.07, 6.45) is 0.394. The first-order valence-corrected chi connectivity index (χ1v) is 5.27. The Kier molecular flexibility index (Phi) is 4.19. The zero-order chi connectivity index (χ0) is 10.7. The summed E-state index contributed by atoms with van der Waals surface area (Å²) in [6, 6.07) is 2.70. The van der Waals surface area contributed by atoms with Crippen molar-refractivity contribution in [1.29, 1.82) is 0 Å². The van der Waals surface area contributed by atoms with Crippen LogP contribution in [0, 0.1) is 0 Å². The zero-order valence-corrected chi connectivity index (χ0v) is 9.72. The Bertz CT molecular complexity index is 333. The fourth-order valence-electron chi connectivity index (χ4n) is 1.14. The van der Waals surface area contributed by atoms with Crippen LogP contribution in [-0.4, -0.2) is 16.8 Å². The second kappa shape index (κ2) is 4.98. The Balaban J connectivity index is 3.02. The van der Waals surface area contributed by atoms with Crippen molar-refractivity contribution in [1.82, 2.24) is 0 Å². The predicted molar refractivity (Wildman–Crippen MR) is 59.4 cm³/mol. The summed E-state index contributed by atoms with van der Waals surface area (Å²) in [6.45, 7) is -0.0196. The number of nitrogens with two attached hydrogens (primary N) is 1. The number of phenols is 1. The fourth-order valence-corrected chi connectivity index (χ4v) is 1.65. The molecule has 5 heteroatoms. The number of hydrogen-bond acceptors (Lipinski definition) is 3. The molecule has 0 radical (unpaired) electrons. The molecule has 4 N–H and O–H groups in total. The molecule has 78 valence electrons. The lowest BCUT2D eigenvalue weighted by Gasteiger charge is -2.13. The van der Waals surface area contributed by atoms with Crippen LogP contribution in [-0.2, 0) is 0 Å². The first kappa shape index (κ1) is 11.8. The lowest BCUT2D eigenvalue weighted by Crippen LogP contribution is -2.12. The maximum atomic E-state index is 9.56. The van der Waals surface area contributed by atoms with Gasteiger partial charge in [0.25, 0.3) is 0 Å². The highest BCUT2D eigenvalue weighted by atomic mass is 79.9. The van der Waals surface area contributed by atoms with Gasteiger partial charge >= 0.3 is 0 Å². The molecule has 1 aromatic rings. The standard InChI is InChI=1S/C9H11BrClNO2/c10-6-4-9(14)5(3-7(6)11)8(12)1-2-13/h3-4,8,13-14H,1-2,12H2/t8-/m0/s1. The molecule has 0 saturated heterocycles. The van der Waals surface area contributed by atoms with E-state index in [1.165, 1.54) is 6.07 Å². The van der Waals surface area contributed by atoms with E-state index in [0.29, 0.717) is 21.5 Å². The van der Waals surface area contributed by atoms with Crippen LogP contribution in [0.15, 0.2) is 16.6 Å². The fraction of sp³-hybridized carbons (Fsp3) is 0.333. The first-order valence-electron chi connectivity index (χ1n) is 4.10. The van der Waals surface area contributed by atoms with Gasteiger partial charge in [-0.2, -0.15) is 0 Å². The first-order chi connectivity index (χ1) is 6.56. The van der Waals surface area contributed by atoms with E-state index in [-0.39, 0.29) is 12.4 Å². The van der Waals surface area contributed by atoms with Gasteiger partial charge in [-0.15, -0.1) is 0 Å². The summed E-state index contributed by atoms with van der Waals surface area (Å²) in [5, 5.41) is 18.8. The van der Waals surface area contributed by atoms with Crippen molar-refractivity contribution in [2.24, 2.45) is 5.73 Å². The predicted octanol–water partition coefficient (Wildman–Crippen LogP) is 2.19. The quantitative estimate of drug-likeness (QED) is 0.795.